The van der Waals surface area contributed by atoms with Crippen molar-refractivity contribution in [2.75, 3.05) is 5.75 Å². The van der Waals surface area contributed by atoms with Crippen LogP contribution in [-0.4, -0.2) is 51.1 Å². The molecule has 0 aromatic heterocycles. The molecular weight excluding hydrogens is 330 g/mol. The van der Waals surface area contributed by atoms with Crippen LogP contribution in [0.3, 0.4) is 0 Å². The van der Waals surface area contributed by atoms with E-state index in [-0.39, 0.29) is 17.2 Å². The van der Waals surface area contributed by atoms with Crippen LogP contribution in [-0.2, 0) is 14.3 Å². The molecule has 0 radical (unpaired) electrons. The van der Waals surface area contributed by atoms with Crippen LogP contribution in [0.25, 0.3) is 0 Å². The molecule has 8 heteroatoms. The van der Waals surface area contributed by atoms with Gasteiger partial charge in [-0.15, -0.1) is 11.8 Å². The Kier molecular flexibility index (Phi) is 5.09. The van der Waals surface area contributed by atoms with Crippen LogP contribution in [0.4, 0.5) is 4.79 Å². The largest absolute Gasteiger partial charge is 0.444 e. The highest BCUT2D eigenvalue weighted by Gasteiger charge is 2.58. The van der Waals surface area contributed by atoms with Crippen LogP contribution >= 0.6 is 11.8 Å². The average molecular weight is 357 g/mol. The first-order chi connectivity index (χ1) is 10.9. The van der Waals surface area contributed by atoms with Crippen LogP contribution in [0.1, 0.15) is 47.5 Å². The summed E-state index contributed by atoms with van der Waals surface area (Å²) in [6, 6.07) is -0.609. The Balaban J connectivity index is 2.25. The molecule has 0 bridgehead atoms. The van der Waals surface area contributed by atoms with Gasteiger partial charge in [0.15, 0.2) is 0 Å². The minimum atomic E-state index is -1.04. The van der Waals surface area contributed by atoms with Crippen molar-refractivity contribution in [3.05, 3.63) is 0 Å². The van der Waals surface area contributed by atoms with E-state index in [4.69, 9.17) is 10.5 Å². The standard InChI is InChI=1S/C16H27N3O4S/c1-9(2)6-16(18-14(22)23-15(3,4)5)7-11-19(13(16)21)10(8-24-11)12(17)20/h9-11H,6-8H2,1-5H3,(H2,17,20)(H,18,22)/t10-,11-,16+/m0/s1. The minimum absolute atomic E-state index is 0.135. The third kappa shape index (κ3) is 3.79. The van der Waals surface area contributed by atoms with Crippen molar-refractivity contribution in [1.82, 2.24) is 10.2 Å². The lowest BCUT2D eigenvalue weighted by Crippen LogP contribution is -2.57. The normalized spacial score (nSPS) is 29.8. The number of thioether (sulfide) groups is 1. The lowest BCUT2D eigenvalue weighted by molar-refractivity contribution is -0.139. The van der Waals surface area contributed by atoms with E-state index in [1.54, 1.807) is 25.7 Å². The molecule has 0 aromatic rings. The van der Waals surface area contributed by atoms with Crippen molar-refractivity contribution >= 4 is 29.7 Å². The summed E-state index contributed by atoms with van der Waals surface area (Å²) in [5, 5.41) is 2.66. The van der Waals surface area contributed by atoms with Gasteiger partial charge in [0, 0.05) is 12.2 Å². The lowest BCUT2D eigenvalue weighted by atomic mass is 9.87. The zero-order valence-corrected chi connectivity index (χ0v) is 15.7. The molecule has 7 nitrogen and oxygen atoms in total. The Morgan fingerprint density at radius 2 is 2.08 bits per heavy atom. The molecule has 136 valence electrons. The molecule has 2 heterocycles. The van der Waals surface area contributed by atoms with Gasteiger partial charge >= 0.3 is 6.09 Å². The van der Waals surface area contributed by atoms with Gasteiger partial charge in [-0.1, -0.05) is 13.8 Å². The Morgan fingerprint density at radius 1 is 1.46 bits per heavy atom. The zero-order chi connectivity index (χ0) is 18.3. The summed E-state index contributed by atoms with van der Waals surface area (Å²) in [6.07, 6.45) is 0.334. The number of hydrogen-bond donors (Lipinski definition) is 2. The number of carbonyl (C=O) groups is 3. The predicted octanol–water partition coefficient (Wildman–Crippen LogP) is 1.46. The van der Waals surface area contributed by atoms with Gasteiger partial charge in [0.05, 0.1) is 5.37 Å². The molecule has 3 N–H and O–H groups in total. The smallest absolute Gasteiger partial charge is 0.408 e. The first kappa shape index (κ1) is 18.9. The molecule has 2 fully saturated rings. The number of hydrogen-bond acceptors (Lipinski definition) is 5. The number of nitrogens with one attached hydrogen (secondary N) is 1. The minimum Gasteiger partial charge on any atom is -0.444 e. The summed E-state index contributed by atoms with van der Waals surface area (Å²) >= 11 is 1.53. The second-order valence-electron chi connectivity index (χ2n) is 7.93. The maximum Gasteiger partial charge on any atom is 0.408 e. The maximum atomic E-state index is 13.1. The molecule has 2 rings (SSSR count). The van der Waals surface area contributed by atoms with E-state index in [1.165, 1.54) is 11.8 Å². The molecule has 3 atom stereocenters. The van der Waals surface area contributed by atoms with E-state index in [0.717, 1.165) is 0 Å². The number of fused-ring (bicyclic) bond motifs is 1. The Labute approximate surface area is 147 Å². The van der Waals surface area contributed by atoms with Crippen molar-refractivity contribution in [2.45, 2.75) is 70.0 Å². The molecule has 2 saturated heterocycles. The van der Waals surface area contributed by atoms with Gasteiger partial charge in [-0.05, 0) is 33.1 Å². The van der Waals surface area contributed by atoms with Crippen molar-refractivity contribution in [3.63, 3.8) is 0 Å². The third-order valence-corrected chi connectivity index (χ3v) is 5.37. The number of nitrogens with zero attached hydrogens (tertiary/aromatic N) is 1. The van der Waals surface area contributed by atoms with Gasteiger partial charge in [0.2, 0.25) is 11.8 Å². The van der Waals surface area contributed by atoms with Gasteiger partial charge in [-0.2, -0.15) is 0 Å². The van der Waals surface area contributed by atoms with Gasteiger partial charge in [-0.3, -0.25) is 9.59 Å². The van der Waals surface area contributed by atoms with Crippen molar-refractivity contribution < 1.29 is 19.1 Å². The van der Waals surface area contributed by atoms with E-state index in [2.05, 4.69) is 5.32 Å². The Morgan fingerprint density at radius 3 is 2.58 bits per heavy atom. The molecular formula is C16H27N3O4S. The quantitative estimate of drug-likeness (QED) is 0.793. The van der Waals surface area contributed by atoms with Crippen LogP contribution < -0.4 is 11.1 Å². The zero-order valence-electron chi connectivity index (χ0n) is 14.9. The average Bonchev–Trinajstić information content (AvgIpc) is 2.86. The fourth-order valence-electron chi connectivity index (χ4n) is 3.37. The number of alkyl carbamates (subject to hydrolysis) is 1. The highest BCUT2D eigenvalue weighted by Crippen LogP contribution is 2.44. The lowest BCUT2D eigenvalue weighted by Gasteiger charge is -2.32. The molecule has 2 aliphatic rings. The number of primary amides is 1. The summed E-state index contributed by atoms with van der Waals surface area (Å²) in [4.78, 5) is 38.6. The van der Waals surface area contributed by atoms with Crippen LogP contribution in [0.2, 0.25) is 0 Å². The second-order valence-corrected chi connectivity index (χ2v) is 9.14. The van der Waals surface area contributed by atoms with E-state index in [0.29, 0.717) is 18.6 Å². The van der Waals surface area contributed by atoms with Crippen molar-refractivity contribution in [1.29, 1.82) is 0 Å². The van der Waals surface area contributed by atoms with Crippen LogP contribution in [0.15, 0.2) is 0 Å². The fraction of sp³-hybridized carbons (Fsp3) is 0.812. The van der Waals surface area contributed by atoms with E-state index >= 15 is 0 Å². The molecule has 0 spiro atoms. The maximum absolute atomic E-state index is 13.1. The molecule has 0 aromatic carbocycles. The molecule has 0 unspecified atom stereocenters. The van der Waals surface area contributed by atoms with E-state index < -0.39 is 29.2 Å². The molecule has 2 aliphatic heterocycles. The first-order valence-corrected chi connectivity index (χ1v) is 9.25. The number of rotatable bonds is 4. The summed E-state index contributed by atoms with van der Waals surface area (Å²) in [5.74, 6) is -0.0339. The van der Waals surface area contributed by atoms with Gasteiger partial charge in [0.1, 0.15) is 17.2 Å². The third-order valence-electron chi connectivity index (χ3n) is 4.08. The van der Waals surface area contributed by atoms with E-state index in [1.807, 2.05) is 13.8 Å². The summed E-state index contributed by atoms with van der Waals surface area (Å²) in [6.45, 7) is 9.31. The topological polar surface area (TPSA) is 102 Å². The summed E-state index contributed by atoms with van der Waals surface area (Å²) in [5.41, 5.74) is 3.75. The summed E-state index contributed by atoms with van der Waals surface area (Å²) in [7, 11) is 0. The number of carbonyl (C=O) groups excluding carboxylic acids is 3. The first-order valence-electron chi connectivity index (χ1n) is 8.20. The van der Waals surface area contributed by atoms with Gasteiger partial charge in [-0.25, -0.2) is 4.79 Å². The summed E-state index contributed by atoms with van der Waals surface area (Å²) < 4.78 is 5.33. The number of ether oxygens (including phenoxy) is 1. The molecule has 24 heavy (non-hydrogen) atoms. The number of amides is 3. The highest BCUT2D eigenvalue weighted by molar-refractivity contribution is 8.00. The molecule has 0 aliphatic carbocycles. The van der Waals surface area contributed by atoms with Crippen molar-refractivity contribution in [2.24, 2.45) is 11.7 Å². The number of nitrogens with two attached hydrogens (primary N) is 1. The Hall–Kier alpha value is -1.44. The monoisotopic (exact) mass is 357 g/mol. The predicted molar refractivity (Wildman–Crippen MR) is 92.2 cm³/mol. The fourth-order valence-corrected chi connectivity index (χ4v) is 4.90. The van der Waals surface area contributed by atoms with Gasteiger partial charge in [0.25, 0.3) is 0 Å². The van der Waals surface area contributed by atoms with Crippen LogP contribution in [0, 0.1) is 5.92 Å². The Bertz CT molecular complexity index is 546. The SMILES string of the molecule is CC(C)C[C@@]1(NC(=O)OC(C)(C)C)C[C@@H]2SC[C@@H](C(N)=O)N2C1=O. The van der Waals surface area contributed by atoms with E-state index in [9.17, 15) is 14.4 Å². The van der Waals surface area contributed by atoms with Crippen LogP contribution in [0.5, 0.6) is 0 Å². The van der Waals surface area contributed by atoms with Crippen molar-refractivity contribution in [3.8, 4) is 0 Å². The molecule has 0 saturated carbocycles. The second kappa shape index (κ2) is 6.46. The molecule has 3 amide bonds. The van der Waals surface area contributed by atoms with Gasteiger partial charge < -0.3 is 20.7 Å². The highest BCUT2D eigenvalue weighted by atomic mass is 32.2.